The van der Waals surface area contributed by atoms with Crippen LogP contribution in [0, 0.1) is 5.41 Å². The molecule has 2 aromatic rings. The molecule has 0 unspecified atom stereocenters. The van der Waals surface area contributed by atoms with E-state index in [1.54, 1.807) is 19.1 Å². The fourth-order valence-corrected chi connectivity index (χ4v) is 3.76. The Balaban J connectivity index is 2.48. The Kier molecular flexibility index (Phi) is 7.71. The molecular weight excluding hydrogens is 503 g/mol. The Morgan fingerprint density at radius 3 is 2.52 bits per heavy atom. The Labute approximate surface area is 185 Å². The monoisotopic (exact) mass is 521 g/mol. The van der Waals surface area contributed by atoms with E-state index in [9.17, 15) is 26.4 Å². The van der Waals surface area contributed by atoms with E-state index in [0.29, 0.717) is 11.3 Å². The van der Waals surface area contributed by atoms with Crippen LogP contribution in [0.1, 0.15) is 12.6 Å². The topological polar surface area (TPSA) is 112 Å². The summed E-state index contributed by atoms with van der Waals surface area (Å²) in [5, 5.41) is 9.96. The third kappa shape index (κ3) is 6.44. The van der Waals surface area contributed by atoms with E-state index in [4.69, 9.17) is 10.1 Å². The summed E-state index contributed by atoms with van der Waals surface area (Å²) in [4.78, 5) is 14.6. The zero-order valence-corrected chi connectivity index (χ0v) is 18.8. The maximum atomic E-state index is 13.0. The minimum atomic E-state index is -4.92. The summed E-state index contributed by atoms with van der Waals surface area (Å²) in [6.07, 6.45) is -3.86. The first-order valence-electron chi connectivity index (χ1n) is 8.79. The van der Waals surface area contributed by atoms with E-state index in [1.807, 2.05) is 0 Å². The van der Waals surface area contributed by atoms with Crippen LogP contribution in [0.2, 0.25) is 0 Å². The molecule has 0 fully saturated rings. The van der Waals surface area contributed by atoms with Gasteiger partial charge in [0, 0.05) is 11.9 Å². The fraction of sp³-hybridized carbons (Fsp3) is 0.263. The highest BCUT2D eigenvalue weighted by Gasteiger charge is 2.37. The van der Waals surface area contributed by atoms with E-state index in [-0.39, 0.29) is 22.9 Å². The van der Waals surface area contributed by atoms with Gasteiger partial charge in [0.25, 0.3) is 0 Å². The molecule has 0 aliphatic heterocycles. The summed E-state index contributed by atoms with van der Waals surface area (Å²) in [7, 11) is -3.46. The number of hydrogen-bond acceptors (Lipinski definition) is 6. The molecule has 168 valence electrons. The number of carbonyl (C=O) groups is 1. The minimum Gasteiger partial charge on any atom is -0.465 e. The zero-order chi connectivity index (χ0) is 23.4. The third-order valence-electron chi connectivity index (χ3n) is 3.97. The number of nitrogens with one attached hydrogen (secondary N) is 3. The van der Waals surface area contributed by atoms with Crippen LogP contribution in [-0.2, 0) is 19.4 Å². The molecule has 31 heavy (non-hydrogen) atoms. The molecule has 0 bridgehead atoms. The quantitative estimate of drug-likeness (QED) is 0.360. The summed E-state index contributed by atoms with van der Waals surface area (Å²) >= 11 is 2.80. The van der Waals surface area contributed by atoms with E-state index >= 15 is 0 Å². The third-order valence-corrected chi connectivity index (χ3v) is 5.87. The zero-order valence-electron chi connectivity index (χ0n) is 16.4. The van der Waals surface area contributed by atoms with Crippen LogP contribution in [0.3, 0.4) is 0 Å². The van der Waals surface area contributed by atoms with E-state index in [2.05, 4.69) is 26.2 Å². The maximum Gasteiger partial charge on any atom is 0.433 e. The van der Waals surface area contributed by atoms with Crippen LogP contribution >= 0.6 is 15.9 Å². The molecular formula is C19H19BrF3N3O4S. The summed E-state index contributed by atoms with van der Waals surface area (Å²) in [5.74, 6) is -0.688. The SMILES string of the molecule is CCOC(=O)CN/C(=C(/Br)C(=N)C(F)(F)F)c1ccc(-c2cccc(S(C)(=O)=O)c2)[nH]1. The van der Waals surface area contributed by atoms with Gasteiger partial charge in [-0.1, -0.05) is 12.1 Å². The van der Waals surface area contributed by atoms with Gasteiger partial charge in [0.05, 0.1) is 27.4 Å². The van der Waals surface area contributed by atoms with Crippen molar-refractivity contribution in [3.63, 3.8) is 0 Å². The van der Waals surface area contributed by atoms with Gasteiger partial charge < -0.3 is 15.0 Å². The van der Waals surface area contributed by atoms with E-state index in [1.165, 1.54) is 24.3 Å². The molecule has 0 radical (unpaired) electrons. The molecule has 0 aliphatic carbocycles. The predicted molar refractivity (Wildman–Crippen MR) is 114 cm³/mol. The van der Waals surface area contributed by atoms with Crippen LogP contribution in [-0.4, -0.2) is 50.7 Å². The molecule has 0 atom stereocenters. The highest BCUT2D eigenvalue weighted by molar-refractivity contribution is 9.12. The largest absolute Gasteiger partial charge is 0.465 e. The standard InChI is InChI=1S/C19H19BrF3N3O4S/c1-3-30-15(27)10-25-17(16(20)18(24)19(21,22)23)14-8-7-13(26-14)11-5-4-6-12(9-11)31(2,28)29/h4-9,24-26H,3,10H2,1-2H3/b17-16+,24-18?. The second-order valence-corrected chi connectivity index (χ2v) is 9.11. The maximum absolute atomic E-state index is 13.0. The van der Waals surface area contributed by atoms with Crippen molar-refractivity contribution in [1.29, 1.82) is 5.41 Å². The van der Waals surface area contributed by atoms with Crippen LogP contribution in [0.15, 0.2) is 45.8 Å². The number of halogens is 4. The highest BCUT2D eigenvalue weighted by atomic mass is 79.9. The van der Waals surface area contributed by atoms with E-state index in [0.717, 1.165) is 6.26 Å². The lowest BCUT2D eigenvalue weighted by atomic mass is 10.2. The number of H-pyrrole nitrogens is 1. The summed E-state index contributed by atoms with van der Waals surface area (Å²) in [6.45, 7) is 1.26. The average molecular weight is 522 g/mol. The van der Waals surface area contributed by atoms with Gasteiger partial charge >= 0.3 is 12.1 Å². The molecule has 12 heteroatoms. The Morgan fingerprint density at radius 2 is 1.94 bits per heavy atom. The van der Waals surface area contributed by atoms with Gasteiger partial charge in [0.15, 0.2) is 15.5 Å². The molecule has 1 heterocycles. The van der Waals surface area contributed by atoms with Crippen molar-refractivity contribution in [3.05, 3.63) is 46.6 Å². The highest BCUT2D eigenvalue weighted by Crippen LogP contribution is 2.31. The van der Waals surface area contributed by atoms with Crippen molar-refractivity contribution in [1.82, 2.24) is 10.3 Å². The first-order valence-corrected chi connectivity index (χ1v) is 11.5. The van der Waals surface area contributed by atoms with Gasteiger partial charge in [0.1, 0.15) is 6.54 Å². The molecule has 3 N–H and O–H groups in total. The molecule has 1 aromatic heterocycles. The lowest BCUT2D eigenvalue weighted by molar-refractivity contribution is -0.141. The number of ether oxygens (including phenoxy) is 1. The predicted octanol–water partition coefficient (Wildman–Crippen LogP) is 3.88. The second-order valence-electron chi connectivity index (χ2n) is 6.31. The number of alkyl halides is 3. The van der Waals surface area contributed by atoms with Gasteiger partial charge in [-0.3, -0.25) is 10.2 Å². The molecule has 0 saturated heterocycles. The van der Waals surface area contributed by atoms with Gasteiger partial charge in [-0.15, -0.1) is 0 Å². The van der Waals surface area contributed by atoms with Gasteiger partial charge in [-0.05, 0) is 52.7 Å². The van der Waals surface area contributed by atoms with Gasteiger partial charge in [-0.2, -0.15) is 13.2 Å². The molecule has 1 aromatic carbocycles. The van der Waals surface area contributed by atoms with Crippen molar-refractivity contribution < 1.29 is 31.1 Å². The minimum absolute atomic E-state index is 0.0809. The van der Waals surface area contributed by atoms with Crippen molar-refractivity contribution in [3.8, 4) is 11.3 Å². The summed E-state index contributed by atoms with van der Waals surface area (Å²) < 4.78 is 66.9. The number of aromatic nitrogens is 1. The lowest BCUT2D eigenvalue weighted by Crippen LogP contribution is -2.28. The van der Waals surface area contributed by atoms with Crippen LogP contribution in [0.25, 0.3) is 17.0 Å². The first-order chi connectivity index (χ1) is 14.3. The number of carbonyl (C=O) groups excluding carboxylic acids is 1. The Bertz CT molecular complexity index is 1120. The second kappa shape index (κ2) is 9.69. The Hall–Kier alpha value is -2.60. The molecule has 7 nitrogen and oxygen atoms in total. The van der Waals surface area contributed by atoms with Crippen molar-refractivity contribution >= 4 is 43.1 Å². The van der Waals surface area contributed by atoms with Gasteiger partial charge in [-0.25, -0.2) is 8.42 Å². The smallest absolute Gasteiger partial charge is 0.433 e. The normalized spacial score (nSPS) is 12.8. The molecule has 0 saturated carbocycles. The van der Waals surface area contributed by atoms with Crippen molar-refractivity contribution in [2.24, 2.45) is 0 Å². The average Bonchev–Trinajstić information content (AvgIpc) is 3.16. The number of sulfone groups is 1. The molecule has 2 rings (SSSR count). The van der Waals surface area contributed by atoms with Crippen molar-refractivity contribution in [2.45, 2.75) is 18.0 Å². The van der Waals surface area contributed by atoms with Crippen LogP contribution in [0.4, 0.5) is 13.2 Å². The first kappa shape index (κ1) is 24.7. The number of esters is 1. The Morgan fingerprint density at radius 1 is 1.26 bits per heavy atom. The van der Waals surface area contributed by atoms with E-state index < -0.39 is 38.7 Å². The number of hydrogen-bond donors (Lipinski definition) is 3. The number of allylic oxidation sites excluding steroid dienone is 1. The van der Waals surface area contributed by atoms with Gasteiger partial charge in [0.2, 0.25) is 0 Å². The number of rotatable bonds is 8. The summed E-state index contributed by atoms with van der Waals surface area (Å²) in [6, 6.07) is 9.01. The number of aromatic amines is 1. The molecule has 0 aliphatic rings. The number of benzene rings is 1. The summed E-state index contributed by atoms with van der Waals surface area (Å²) in [5.41, 5.74) is -0.768. The van der Waals surface area contributed by atoms with Crippen LogP contribution < -0.4 is 5.32 Å². The van der Waals surface area contributed by atoms with Crippen molar-refractivity contribution in [2.75, 3.05) is 19.4 Å². The lowest BCUT2D eigenvalue weighted by Gasteiger charge is -2.15. The van der Waals surface area contributed by atoms with Crippen LogP contribution in [0.5, 0.6) is 0 Å². The molecule has 0 spiro atoms. The fourth-order valence-electron chi connectivity index (χ4n) is 2.52. The molecule has 0 amide bonds.